The minimum absolute atomic E-state index is 0.251. The van der Waals surface area contributed by atoms with Crippen LogP contribution in [0.15, 0.2) is 28.9 Å². The molecule has 1 aromatic carbocycles. The highest BCUT2D eigenvalue weighted by Crippen LogP contribution is 2.31. The Morgan fingerprint density at radius 1 is 1.27 bits per heavy atom. The van der Waals surface area contributed by atoms with Crippen molar-refractivity contribution in [2.24, 2.45) is 5.92 Å². The van der Waals surface area contributed by atoms with E-state index in [2.05, 4.69) is 42.8 Å². The molecule has 0 radical (unpaired) electrons. The second-order valence-corrected chi connectivity index (χ2v) is 9.10. The molecule has 160 valence electrons. The van der Waals surface area contributed by atoms with Crippen LogP contribution in [0.4, 0.5) is 4.39 Å². The minimum atomic E-state index is -0.251. The molecule has 3 heterocycles. The largest absolute Gasteiger partial charge is 0.478 e. The van der Waals surface area contributed by atoms with Crippen LogP contribution in [0, 0.1) is 18.7 Å². The van der Waals surface area contributed by atoms with Gasteiger partial charge in [0.05, 0.1) is 17.6 Å². The van der Waals surface area contributed by atoms with Gasteiger partial charge in [-0.3, -0.25) is 0 Å². The molecular weight excluding hydrogens is 447 g/mol. The van der Waals surface area contributed by atoms with Crippen molar-refractivity contribution in [1.82, 2.24) is 19.9 Å². The number of halogens is 2. The summed E-state index contributed by atoms with van der Waals surface area (Å²) >= 11 is 3.54. The molecule has 2 aromatic heterocycles. The van der Waals surface area contributed by atoms with Gasteiger partial charge in [0.2, 0.25) is 5.88 Å². The number of pyridine rings is 1. The van der Waals surface area contributed by atoms with Gasteiger partial charge in [0.1, 0.15) is 11.6 Å². The first-order chi connectivity index (χ1) is 14.5. The molecule has 0 bridgehead atoms. The number of ether oxygens (including phenoxy) is 1. The van der Waals surface area contributed by atoms with Crippen LogP contribution in [0.25, 0.3) is 22.4 Å². The lowest BCUT2D eigenvalue weighted by Gasteiger charge is -2.28. The highest BCUT2D eigenvalue weighted by atomic mass is 79.9. The quantitative estimate of drug-likeness (QED) is 0.444. The molecule has 0 aliphatic carbocycles. The molecule has 1 N–H and O–H groups in total. The fourth-order valence-electron chi connectivity index (χ4n) is 4.06. The van der Waals surface area contributed by atoms with Crippen LogP contribution >= 0.6 is 15.9 Å². The first-order valence-corrected chi connectivity index (χ1v) is 11.4. The Morgan fingerprint density at radius 3 is 2.87 bits per heavy atom. The van der Waals surface area contributed by atoms with Crippen LogP contribution in [0.1, 0.15) is 37.7 Å². The molecule has 1 saturated heterocycles. The third kappa shape index (κ3) is 4.83. The molecular formula is C23H28BrFN4O. The molecule has 3 aromatic rings. The molecule has 0 spiro atoms. The van der Waals surface area contributed by atoms with E-state index in [-0.39, 0.29) is 5.82 Å². The number of hydrogen-bond donors (Lipinski definition) is 1. The average Bonchev–Trinajstić information content (AvgIpc) is 3.18. The maximum Gasteiger partial charge on any atom is 0.213 e. The molecule has 5 nitrogen and oxygen atoms in total. The first-order valence-electron chi connectivity index (χ1n) is 10.6. The second-order valence-electron chi connectivity index (χ2n) is 8.25. The summed E-state index contributed by atoms with van der Waals surface area (Å²) in [7, 11) is 2.20. The van der Waals surface area contributed by atoms with Crippen LogP contribution in [0.2, 0.25) is 0 Å². The van der Waals surface area contributed by atoms with E-state index < -0.39 is 0 Å². The Bertz CT molecular complexity index is 1010. The van der Waals surface area contributed by atoms with Gasteiger partial charge in [-0.2, -0.15) is 0 Å². The topological polar surface area (TPSA) is 54.0 Å². The van der Waals surface area contributed by atoms with E-state index >= 15 is 0 Å². The SMILES string of the molecule is Cc1c(F)ccc2[nH]c(-c3cc(OCCCCC4CCN(C)CC4)ncc3Br)nc12. The van der Waals surface area contributed by atoms with E-state index in [1.165, 1.54) is 44.8 Å². The van der Waals surface area contributed by atoms with Gasteiger partial charge in [0, 0.05) is 27.9 Å². The number of piperidine rings is 1. The van der Waals surface area contributed by atoms with Crippen molar-refractivity contribution in [2.75, 3.05) is 26.7 Å². The van der Waals surface area contributed by atoms with Gasteiger partial charge >= 0.3 is 0 Å². The first kappa shape index (κ1) is 21.2. The van der Waals surface area contributed by atoms with Crippen molar-refractivity contribution < 1.29 is 9.13 Å². The molecule has 0 saturated carbocycles. The number of unbranched alkanes of at least 4 members (excludes halogenated alkanes) is 1. The van der Waals surface area contributed by atoms with Gasteiger partial charge in [-0.25, -0.2) is 14.4 Å². The lowest BCUT2D eigenvalue weighted by molar-refractivity contribution is 0.205. The number of aromatic nitrogens is 3. The summed E-state index contributed by atoms with van der Waals surface area (Å²) < 4.78 is 20.6. The van der Waals surface area contributed by atoms with Crippen molar-refractivity contribution in [1.29, 1.82) is 0 Å². The molecule has 1 aliphatic rings. The molecule has 0 amide bonds. The molecule has 0 unspecified atom stereocenters. The van der Waals surface area contributed by atoms with Crippen LogP contribution in [0.5, 0.6) is 5.88 Å². The lowest BCUT2D eigenvalue weighted by Crippen LogP contribution is -2.30. The van der Waals surface area contributed by atoms with Crippen molar-refractivity contribution in [2.45, 2.75) is 39.0 Å². The minimum Gasteiger partial charge on any atom is -0.478 e. The van der Waals surface area contributed by atoms with Gasteiger partial charge in [-0.05, 0) is 86.7 Å². The lowest BCUT2D eigenvalue weighted by atomic mass is 9.92. The van der Waals surface area contributed by atoms with Crippen LogP contribution < -0.4 is 4.74 Å². The Labute approximate surface area is 185 Å². The van der Waals surface area contributed by atoms with Crippen molar-refractivity contribution >= 4 is 27.0 Å². The fraction of sp³-hybridized carbons (Fsp3) is 0.478. The summed E-state index contributed by atoms with van der Waals surface area (Å²) in [6, 6.07) is 5.05. The number of imidazole rings is 1. The van der Waals surface area contributed by atoms with Gasteiger partial charge in [-0.1, -0.05) is 6.42 Å². The monoisotopic (exact) mass is 474 g/mol. The zero-order chi connectivity index (χ0) is 21.1. The van der Waals surface area contributed by atoms with Gasteiger partial charge in [0.15, 0.2) is 0 Å². The summed E-state index contributed by atoms with van der Waals surface area (Å²) in [6.45, 7) is 4.84. The maximum atomic E-state index is 13.8. The Balaban J connectivity index is 1.36. The Morgan fingerprint density at radius 2 is 2.07 bits per heavy atom. The predicted octanol–water partition coefficient (Wildman–Crippen LogP) is 5.73. The summed E-state index contributed by atoms with van der Waals surface area (Å²) in [5, 5.41) is 0. The molecule has 30 heavy (non-hydrogen) atoms. The number of fused-ring (bicyclic) bond motifs is 1. The number of nitrogens with one attached hydrogen (secondary N) is 1. The molecule has 1 aliphatic heterocycles. The van der Waals surface area contributed by atoms with E-state index in [1.54, 1.807) is 19.2 Å². The van der Waals surface area contributed by atoms with Crippen LogP contribution in [0.3, 0.4) is 0 Å². The van der Waals surface area contributed by atoms with E-state index in [1.807, 2.05) is 6.07 Å². The number of rotatable bonds is 7. The second kappa shape index (κ2) is 9.43. The summed E-state index contributed by atoms with van der Waals surface area (Å²) in [4.78, 5) is 14.7. The smallest absolute Gasteiger partial charge is 0.213 e. The average molecular weight is 475 g/mol. The van der Waals surface area contributed by atoms with Crippen molar-refractivity contribution in [3.05, 3.63) is 40.2 Å². The van der Waals surface area contributed by atoms with Gasteiger partial charge in [-0.15, -0.1) is 0 Å². The fourth-order valence-corrected chi connectivity index (χ4v) is 4.46. The third-order valence-corrected chi connectivity index (χ3v) is 6.65. The van der Waals surface area contributed by atoms with Gasteiger partial charge in [0.25, 0.3) is 0 Å². The highest BCUT2D eigenvalue weighted by molar-refractivity contribution is 9.10. The molecule has 7 heteroatoms. The predicted molar refractivity (Wildman–Crippen MR) is 121 cm³/mol. The summed E-state index contributed by atoms with van der Waals surface area (Å²) in [6.07, 6.45) is 7.86. The number of nitrogens with zero attached hydrogens (tertiary/aromatic N) is 3. The molecule has 4 rings (SSSR count). The normalized spacial score (nSPS) is 15.7. The van der Waals surface area contributed by atoms with Crippen molar-refractivity contribution in [3.63, 3.8) is 0 Å². The zero-order valence-corrected chi connectivity index (χ0v) is 19.1. The third-order valence-electron chi connectivity index (χ3n) is 6.02. The number of aromatic amines is 1. The van der Waals surface area contributed by atoms with E-state index in [9.17, 15) is 4.39 Å². The Hall–Kier alpha value is -1.99. The van der Waals surface area contributed by atoms with E-state index in [4.69, 9.17) is 4.74 Å². The zero-order valence-electron chi connectivity index (χ0n) is 17.5. The number of hydrogen-bond acceptors (Lipinski definition) is 4. The summed E-state index contributed by atoms with van der Waals surface area (Å²) in [5.74, 6) is 1.86. The Kier molecular flexibility index (Phi) is 6.68. The standard InChI is InChI=1S/C23H28BrFN4O/c1-15-19(25)6-7-20-22(15)28-23(27-20)17-13-21(26-14-18(17)24)30-12-4-3-5-16-8-10-29(2)11-9-16/h6-7,13-14,16H,3-5,8-12H2,1-2H3,(H,27,28). The molecule has 1 fully saturated rings. The van der Waals surface area contributed by atoms with Gasteiger partial charge < -0.3 is 14.6 Å². The number of benzene rings is 1. The van der Waals surface area contributed by atoms with E-state index in [0.717, 1.165) is 27.9 Å². The number of H-pyrrole nitrogens is 1. The van der Waals surface area contributed by atoms with Crippen molar-refractivity contribution in [3.8, 4) is 17.3 Å². The highest BCUT2D eigenvalue weighted by Gasteiger charge is 2.16. The number of aryl methyl sites for hydroxylation is 1. The summed E-state index contributed by atoms with van der Waals surface area (Å²) in [5.41, 5.74) is 2.85. The maximum absolute atomic E-state index is 13.8. The number of likely N-dealkylation sites (tertiary alicyclic amines) is 1. The molecule has 0 atom stereocenters. The van der Waals surface area contributed by atoms with Crippen LogP contribution in [-0.2, 0) is 0 Å². The van der Waals surface area contributed by atoms with E-state index in [0.29, 0.717) is 29.4 Å². The van der Waals surface area contributed by atoms with Crippen LogP contribution in [-0.4, -0.2) is 46.6 Å².